The maximum Gasteiger partial charge on any atom is 0.397 e. The predicted molar refractivity (Wildman–Crippen MR) is 89.1 cm³/mol. The standard InChI is InChI=1S/C16H17ClFNO4S/c1-3-15(4-2)13(20)22-16(23-14(15)21)19(8-9-24-16)11-7-5-6-10(17)12(11)18/h5-7H,3-4,8-9H2,1-2H3. The molecule has 2 saturated heterocycles. The second kappa shape index (κ2) is 6.11. The molecule has 2 aliphatic rings. The SMILES string of the molecule is CCC1(CC)C(=O)OC2(OC1=O)SCCN2c1cccc(Cl)c1F. The van der Waals surface area contributed by atoms with E-state index >= 15 is 0 Å². The fraction of sp³-hybridized carbons (Fsp3) is 0.500. The van der Waals surface area contributed by atoms with Crippen molar-refractivity contribution in [2.45, 2.75) is 31.9 Å². The number of benzene rings is 1. The summed E-state index contributed by atoms with van der Waals surface area (Å²) in [6.07, 6.45) is 0.570. The smallest absolute Gasteiger partial charge is 0.394 e. The van der Waals surface area contributed by atoms with Gasteiger partial charge in [0, 0.05) is 12.3 Å². The first-order valence-corrected chi connectivity index (χ1v) is 9.09. The van der Waals surface area contributed by atoms with Gasteiger partial charge in [0.1, 0.15) is 0 Å². The van der Waals surface area contributed by atoms with Gasteiger partial charge in [-0.25, -0.2) is 4.39 Å². The Kier molecular flexibility index (Phi) is 4.42. The topological polar surface area (TPSA) is 55.8 Å². The molecule has 3 rings (SSSR count). The van der Waals surface area contributed by atoms with E-state index in [-0.39, 0.29) is 23.6 Å². The summed E-state index contributed by atoms with van der Waals surface area (Å²) in [5.41, 5.74) is -1.17. The van der Waals surface area contributed by atoms with Crippen LogP contribution < -0.4 is 4.90 Å². The van der Waals surface area contributed by atoms with Crippen LogP contribution in [0.4, 0.5) is 10.1 Å². The Hall–Kier alpha value is -1.47. The minimum atomic E-state index is -1.67. The zero-order valence-electron chi connectivity index (χ0n) is 13.3. The molecule has 1 spiro atoms. The number of thioether (sulfide) groups is 1. The van der Waals surface area contributed by atoms with Gasteiger partial charge in [-0.05, 0) is 36.7 Å². The molecule has 0 N–H and O–H groups in total. The monoisotopic (exact) mass is 373 g/mol. The molecule has 2 aliphatic heterocycles. The first-order chi connectivity index (χ1) is 11.4. The van der Waals surface area contributed by atoms with Crippen LogP contribution in [0.15, 0.2) is 18.2 Å². The number of esters is 2. The van der Waals surface area contributed by atoms with Crippen molar-refractivity contribution in [1.29, 1.82) is 0 Å². The first-order valence-electron chi connectivity index (χ1n) is 7.72. The van der Waals surface area contributed by atoms with Gasteiger partial charge in [-0.1, -0.05) is 31.5 Å². The van der Waals surface area contributed by atoms with Crippen LogP contribution in [-0.2, 0) is 19.1 Å². The molecule has 0 amide bonds. The normalized spacial score (nSPS) is 21.8. The number of nitrogens with zero attached hydrogens (tertiary/aromatic N) is 1. The molecule has 8 heteroatoms. The average Bonchev–Trinajstić information content (AvgIpc) is 2.93. The molecule has 2 heterocycles. The van der Waals surface area contributed by atoms with Gasteiger partial charge in [0.15, 0.2) is 11.2 Å². The van der Waals surface area contributed by atoms with Crippen LogP contribution in [0.5, 0.6) is 0 Å². The van der Waals surface area contributed by atoms with Crippen LogP contribution in [-0.4, -0.2) is 29.5 Å². The number of carbonyl (C=O) groups is 2. The van der Waals surface area contributed by atoms with E-state index in [1.807, 2.05) is 0 Å². The fourth-order valence-corrected chi connectivity index (χ4v) is 4.30. The highest BCUT2D eigenvalue weighted by Gasteiger charge is 2.62. The van der Waals surface area contributed by atoms with Crippen LogP contribution in [0.1, 0.15) is 26.7 Å². The summed E-state index contributed by atoms with van der Waals surface area (Å²) in [6, 6.07) is 4.53. The Morgan fingerprint density at radius 3 is 2.46 bits per heavy atom. The van der Waals surface area contributed by atoms with E-state index in [0.29, 0.717) is 12.3 Å². The summed E-state index contributed by atoms with van der Waals surface area (Å²) >= 11 is 6.99. The Balaban J connectivity index is 2.00. The third kappa shape index (κ3) is 2.37. The van der Waals surface area contributed by atoms with E-state index in [1.54, 1.807) is 19.9 Å². The summed E-state index contributed by atoms with van der Waals surface area (Å²) < 4.78 is 25.5. The molecule has 1 aromatic rings. The van der Waals surface area contributed by atoms with Gasteiger partial charge in [-0.15, -0.1) is 0 Å². The number of hydrogen-bond acceptors (Lipinski definition) is 6. The van der Waals surface area contributed by atoms with Crippen molar-refractivity contribution in [2.24, 2.45) is 5.41 Å². The molecule has 0 radical (unpaired) electrons. The third-order valence-corrected chi connectivity index (χ3v) is 6.01. The Bertz CT molecular complexity index is 675. The molecule has 2 fully saturated rings. The van der Waals surface area contributed by atoms with Gasteiger partial charge in [0.25, 0.3) is 0 Å². The number of carbonyl (C=O) groups excluding carboxylic acids is 2. The van der Waals surface area contributed by atoms with E-state index in [0.717, 1.165) is 11.8 Å². The van der Waals surface area contributed by atoms with Crippen molar-refractivity contribution in [1.82, 2.24) is 0 Å². The van der Waals surface area contributed by atoms with Gasteiger partial charge in [-0.3, -0.25) is 14.5 Å². The first kappa shape index (κ1) is 17.4. The minimum Gasteiger partial charge on any atom is -0.394 e. The highest BCUT2D eigenvalue weighted by molar-refractivity contribution is 8.00. The summed E-state index contributed by atoms with van der Waals surface area (Å²) in [5.74, 6) is -1.40. The fourth-order valence-electron chi connectivity index (χ4n) is 2.98. The third-order valence-electron chi connectivity index (χ3n) is 4.58. The van der Waals surface area contributed by atoms with Crippen LogP contribution in [0, 0.1) is 11.2 Å². The van der Waals surface area contributed by atoms with Crippen LogP contribution in [0.3, 0.4) is 0 Å². The largest absolute Gasteiger partial charge is 0.397 e. The second-order valence-corrected chi connectivity index (χ2v) is 7.29. The molecule has 0 unspecified atom stereocenters. The van der Waals surface area contributed by atoms with Crippen molar-refractivity contribution in [3.8, 4) is 0 Å². The molecule has 1 aromatic carbocycles. The molecule has 0 bridgehead atoms. The number of rotatable bonds is 3. The maximum absolute atomic E-state index is 14.4. The Morgan fingerprint density at radius 1 is 1.25 bits per heavy atom. The van der Waals surface area contributed by atoms with Crippen molar-refractivity contribution >= 4 is 41.0 Å². The molecule has 0 saturated carbocycles. The second-order valence-electron chi connectivity index (χ2n) is 5.67. The number of halogens is 2. The quantitative estimate of drug-likeness (QED) is 0.596. The minimum absolute atomic E-state index is 0.0514. The molecule has 24 heavy (non-hydrogen) atoms. The van der Waals surface area contributed by atoms with Gasteiger partial charge in [0.05, 0.1) is 10.7 Å². The highest BCUT2D eigenvalue weighted by atomic mass is 35.5. The van der Waals surface area contributed by atoms with Crippen molar-refractivity contribution in [3.63, 3.8) is 0 Å². The lowest BCUT2D eigenvalue weighted by atomic mass is 9.82. The van der Waals surface area contributed by atoms with Crippen molar-refractivity contribution in [3.05, 3.63) is 29.0 Å². The Morgan fingerprint density at radius 2 is 1.88 bits per heavy atom. The summed E-state index contributed by atoms with van der Waals surface area (Å²) in [4.78, 5) is 26.6. The lowest BCUT2D eigenvalue weighted by molar-refractivity contribution is -0.233. The lowest BCUT2D eigenvalue weighted by Crippen LogP contribution is -2.60. The Labute approximate surface area is 148 Å². The molecular weight excluding hydrogens is 357 g/mol. The maximum atomic E-state index is 14.4. The van der Waals surface area contributed by atoms with Crippen LogP contribution in [0.25, 0.3) is 0 Å². The highest BCUT2D eigenvalue weighted by Crippen LogP contribution is 2.49. The summed E-state index contributed by atoms with van der Waals surface area (Å²) in [5, 5.41) is -1.72. The van der Waals surface area contributed by atoms with E-state index < -0.39 is 28.4 Å². The molecule has 0 aliphatic carbocycles. The van der Waals surface area contributed by atoms with Crippen molar-refractivity contribution in [2.75, 3.05) is 17.2 Å². The number of anilines is 1. The number of ether oxygens (including phenoxy) is 2. The summed E-state index contributed by atoms with van der Waals surface area (Å²) in [6.45, 7) is 3.83. The van der Waals surface area contributed by atoms with E-state index in [9.17, 15) is 14.0 Å². The zero-order chi connectivity index (χ0) is 17.5. The average molecular weight is 374 g/mol. The van der Waals surface area contributed by atoms with E-state index in [4.69, 9.17) is 21.1 Å². The molecule has 5 nitrogen and oxygen atoms in total. The van der Waals surface area contributed by atoms with Gasteiger partial charge in [-0.2, -0.15) is 0 Å². The van der Waals surface area contributed by atoms with Gasteiger partial charge < -0.3 is 9.47 Å². The van der Waals surface area contributed by atoms with Crippen LogP contribution in [0.2, 0.25) is 5.02 Å². The van der Waals surface area contributed by atoms with Gasteiger partial charge in [0.2, 0.25) is 0 Å². The zero-order valence-corrected chi connectivity index (χ0v) is 14.9. The van der Waals surface area contributed by atoms with Crippen molar-refractivity contribution < 1.29 is 23.5 Å². The molecule has 0 atom stereocenters. The van der Waals surface area contributed by atoms with E-state index in [1.165, 1.54) is 17.0 Å². The lowest BCUT2D eigenvalue weighted by Gasteiger charge is -2.44. The number of hydrogen-bond donors (Lipinski definition) is 0. The van der Waals surface area contributed by atoms with Crippen LogP contribution >= 0.6 is 23.4 Å². The molecule has 0 aromatic heterocycles. The molecular formula is C16H17ClFNO4S. The van der Waals surface area contributed by atoms with Gasteiger partial charge >= 0.3 is 17.2 Å². The predicted octanol–water partition coefficient (Wildman–Crippen LogP) is 3.55. The van der Waals surface area contributed by atoms with E-state index in [2.05, 4.69) is 0 Å². The molecule has 130 valence electrons. The summed E-state index contributed by atoms with van der Waals surface area (Å²) in [7, 11) is 0.